The lowest BCUT2D eigenvalue weighted by Crippen LogP contribution is -2.03. The van der Waals surface area contributed by atoms with Crippen LogP contribution in [0.15, 0.2) is 24.3 Å². The highest BCUT2D eigenvalue weighted by atomic mass is 19.3. The van der Waals surface area contributed by atoms with Gasteiger partial charge < -0.3 is 9.84 Å². The predicted molar refractivity (Wildman–Crippen MR) is 60.7 cm³/mol. The highest BCUT2D eigenvalue weighted by molar-refractivity contribution is 5.77. The van der Waals surface area contributed by atoms with Gasteiger partial charge in [0.15, 0.2) is 0 Å². The van der Waals surface area contributed by atoms with Gasteiger partial charge in [-0.2, -0.15) is 8.78 Å². The number of alkyl halides is 2. The van der Waals surface area contributed by atoms with Crippen molar-refractivity contribution < 1.29 is 23.4 Å². The second-order valence-electron chi connectivity index (χ2n) is 5.06. The predicted octanol–water partition coefficient (Wildman–Crippen LogP) is 3.11. The second-order valence-corrected chi connectivity index (χ2v) is 5.06. The van der Waals surface area contributed by atoms with Gasteiger partial charge in [-0.3, -0.25) is 4.79 Å². The third kappa shape index (κ3) is 2.17. The Balaban J connectivity index is 2.14. The Morgan fingerprint density at radius 3 is 2.28 bits per heavy atom. The molecule has 18 heavy (non-hydrogen) atoms. The van der Waals surface area contributed by atoms with E-state index in [1.54, 1.807) is 12.1 Å². The molecule has 0 aromatic heterocycles. The number of benzene rings is 1. The topological polar surface area (TPSA) is 46.5 Å². The van der Waals surface area contributed by atoms with Gasteiger partial charge in [0.25, 0.3) is 0 Å². The molecule has 1 fully saturated rings. The fourth-order valence-electron chi connectivity index (χ4n) is 2.58. The molecule has 0 spiro atoms. The van der Waals surface area contributed by atoms with E-state index in [0.717, 1.165) is 5.56 Å². The van der Waals surface area contributed by atoms with E-state index in [2.05, 4.69) is 4.74 Å². The van der Waals surface area contributed by atoms with Gasteiger partial charge in [0.1, 0.15) is 5.75 Å². The van der Waals surface area contributed by atoms with Crippen LogP contribution in [0, 0.1) is 11.3 Å². The molecule has 1 saturated carbocycles. The average Bonchev–Trinajstić information content (AvgIpc) is 2.82. The normalized spacial score (nSPS) is 24.9. The van der Waals surface area contributed by atoms with Crippen molar-refractivity contribution in [2.75, 3.05) is 0 Å². The molecule has 0 heterocycles. The summed E-state index contributed by atoms with van der Waals surface area (Å²) in [5.74, 6) is -1.23. The van der Waals surface area contributed by atoms with Crippen molar-refractivity contribution in [1.82, 2.24) is 0 Å². The summed E-state index contributed by atoms with van der Waals surface area (Å²) in [7, 11) is 0. The van der Waals surface area contributed by atoms with E-state index in [0.29, 0.717) is 0 Å². The van der Waals surface area contributed by atoms with E-state index >= 15 is 0 Å². The van der Waals surface area contributed by atoms with E-state index in [-0.39, 0.29) is 17.1 Å². The maximum atomic E-state index is 12.0. The number of aliphatic carboxylic acids is 1. The Labute approximate surface area is 103 Å². The van der Waals surface area contributed by atoms with E-state index in [9.17, 15) is 13.6 Å². The Bertz CT molecular complexity index is 454. The van der Waals surface area contributed by atoms with Crippen LogP contribution in [-0.2, 0) is 4.79 Å². The lowest BCUT2D eigenvalue weighted by Gasteiger charge is -2.06. The molecule has 2 atom stereocenters. The Morgan fingerprint density at radius 2 is 1.89 bits per heavy atom. The van der Waals surface area contributed by atoms with Gasteiger partial charge in [-0.25, -0.2) is 0 Å². The molecule has 0 amide bonds. The minimum absolute atomic E-state index is 0.0735. The summed E-state index contributed by atoms with van der Waals surface area (Å²) in [6, 6.07) is 6.17. The Kier molecular flexibility index (Phi) is 3.00. The Morgan fingerprint density at radius 1 is 1.33 bits per heavy atom. The van der Waals surface area contributed by atoms with Crippen LogP contribution in [0.2, 0.25) is 0 Å². The van der Waals surface area contributed by atoms with Gasteiger partial charge >= 0.3 is 12.6 Å². The van der Waals surface area contributed by atoms with Crippen LogP contribution < -0.4 is 4.74 Å². The van der Waals surface area contributed by atoms with Crippen molar-refractivity contribution in [3.8, 4) is 5.75 Å². The third-order valence-corrected chi connectivity index (χ3v) is 3.56. The summed E-state index contributed by atoms with van der Waals surface area (Å²) in [5, 5.41) is 9.07. The molecule has 2 unspecified atom stereocenters. The number of carboxylic acid groups (broad SMARTS) is 1. The third-order valence-electron chi connectivity index (χ3n) is 3.56. The van der Waals surface area contributed by atoms with Crippen LogP contribution in [0.3, 0.4) is 0 Å². The van der Waals surface area contributed by atoms with Gasteiger partial charge in [0, 0.05) is 5.92 Å². The monoisotopic (exact) mass is 256 g/mol. The van der Waals surface area contributed by atoms with Gasteiger partial charge in [0.2, 0.25) is 0 Å². The first-order chi connectivity index (χ1) is 8.34. The van der Waals surface area contributed by atoms with Crippen molar-refractivity contribution in [3.05, 3.63) is 29.8 Å². The number of hydrogen-bond donors (Lipinski definition) is 1. The second kappa shape index (κ2) is 4.23. The SMILES string of the molecule is CC1(C)C(C(=O)O)C1c1ccc(OC(F)F)cc1. The highest BCUT2D eigenvalue weighted by Crippen LogP contribution is 2.64. The van der Waals surface area contributed by atoms with Crippen LogP contribution in [0.25, 0.3) is 0 Å². The number of hydrogen-bond acceptors (Lipinski definition) is 2. The van der Waals surface area contributed by atoms with Crippen molar-refractivity contribution in [2.24, 2.45) is 11.3 Å². The van der Waals surface area contributed by atoms with Crippen LogP contribution in [0.5, 0.6) is 5.75 Å². The van der Waals surface area contributed by atoms with E-state index < -0.39 is 18.5 Å². The maximum absolute atomic E-state index is 12.0. The molecule has 98 valence electrons. The van der Waals surface area contributed by atoms with Crippen LogP contribution in [0.4, 0.5) is 8.78 Å². The van der Waals surface area contributed by atoms with E-state index in [4.69, 9.17) is 5.11 Å². The summed E-state index contributed by atoms with van der Waals surface area (Å²) in [6.45, 7) is 0.931. The fraction of sp³-hybridized carbons (Fsp3) is 0.462. The lowest BCUT2D eigenvalue weighted by atomic mass is 10.0. The lowest BCUT2D eigenvalue weighted by molar-refractivity contribution is -0.139. The zero-order chi connectivity index (χ0) is 13.5. The summed E-state index contributed by atoms with van der Waals surface area (Å²) in [4.78, 5) is 11.0. The van der Waals surface area contributed by atoms with Crippen molar-refractivity contribution in [2.45, 2.75) is 26.4 Å². The molecular formula is C13H14F2O3. The molecule has 1 aromatic rings. The summed E-state index contributed by atoms with van der Waals surface area (Å²) in [6.07, 6.45) is 0. The number of halogens is 2. The summed E-state index contributed by atoms with van der Waals surface area (Å²) >= 11 is 0. The largest absolute Gasteiger partial charge is 0.481 e. The minimum Gasteiger partial charge on any atom is -0.481 e. The fourth-order valence-corrected chi connectivity index (χ4v) is 2.58. The first-order valence-electron chi connectivity index (χ1n) is 5.61. The molecule has 0 aliphatic heterocycles. The van der Waals surface area contributed by atoms with Crippen molar-refractivity contribution in [1.29, 1.82) is 0 Å². The minimum atomic E-state index is -2.85. The molecule has 5 heteroatoms. The molecule has 2 rings (SSSR count). The number of carboxylic acids is 1. The number of carbonyl (C=O) groups is 1. The maximum Gasteiger partial charge on any atom is 0.387 e. The highest BCUT2D eigenvalue weighted by Gasteiger charge is 2.62. The molecular weight excluding hydrogens is 242 g/mol. The summed E-state index contributed by atoms with van der Waals surface area (Å²) in [5.41, 5.74) is 0.547. The molecule has 3 nitrogen and oxygen atoms in total. The first-order valence-corrected chi connectivity index (χ1v) is 5.61. The van der Waals surface area contributed by atoms with Crippen molar-refractivity contribution in [3.63, 3.8) is 0 Å². The molecule has 1 aliphatic carbocycles. The molecule has 0 radical (unpaired) electrons. The smallest absolute Gasteiger partial charge is 0.387 e. The molecule has 1 aliphatic rings. The molecule has 1 aromatic carbocycles. The molecule has 0 saturated heterocycles. The van der Waals surface area contributed by atoms with E-state index in [1.165, 1.54) is 12.1 Å². The molecule has 1 N–H and O–H groups in total. The van der Waals surface area contributed by atoms with Crippen LogP contribution in [0.1, 0.15) is 25.3 Å². The summed E-state index contributed by atoms with van der Waals surface area (Å²) < 4.78 is 28.2. The average molecular weight is 256 g/mol. The van der Waals surface area contributed by atoms with Crippen LogP contribution >= 0.6 is 0 Å². The van der Waals surface area contributed by atoms with Gasteiger partial charge in [-0.05, 0) is 23.1 Å². The zero-order valence-electron chi connectivity index (χ0n) is 10.1. The number of rotatable bonds is 4. The molecule has 0 bridgehead atoms. The van der Waals surface area contributed by atoms with Gasteiger partial charge in [0.05, 0.1) is 5.92 Å². The quantitative estimate of drug-likeness (QED) is 0.900. The first kappa shape index (κ1) is 12.8. The zero-order valence-corrected chi connectivity index (χ0v) is 10.1. The van der Waals surface area contributed by atoms with Gasteiger partial charge in [-0.15, -0.1) is 0 Å². The van der Waals surface area contributed by atoms with Gasteiger partial charge in [-0.1, -0.05) is 26.0 Å². The van der Waals surface area contributed by atoms with E-state index in [1.807, 2.05) is 13.8 Å². The van der Waals surface area contributed by atoms with Crippen molar-refractivity contribution >= 4 is 5.97 Å². The Hall–Kier alpha value is -1.65. The standard InChI is InChI=1S/C13H14F2O3/c1-13(2)9(10(13)11(16)17)7-3-5-8(6-4-7)18-12(14)15/h3-6,9-10,12H,1-2H3,(H,16,17). The number of ether oxygens (including phenoxy) is 1. The van der Waals surface area contributed by atoms with Crippen LogP contribution in [-0.4, -0.2) is 17.7 Å².